The lowest BCUT2D eigenvalue weighted by Gasteiger charge is -2.12. The van der Waals surface area contributed by atoms with Gasteiger partial charge in [0.15, 0.2) is 11.5 Å². The summed E-state index contributed by atoms with van der Waals surface area (Å²) in [5.41, 5.74) is 0. The summed E-state index contributed by atoms with van der Waals surface area (Å²) in [6.45, 7) is 1.24. The van der Waals surface area contributed by atoms with E-state index in [1.807, 2.05) is 4.72 Å². The number of aliphatic carboxylic acids is 1. The molecule has 0 aromatic heterocycles. The van der Waals surface area contributed by atoms with Crippen LogP contribution in [0.1, 0.15) is 6.92 Å². The number of hydrogen-bond acceptors (Lipinski definition) is 5. The van der Waals surface area contributed by atoms with E-state index in [0.717, 1.165) is 0 Å². The molecule has 106 valence electrons. The average molecular weight is 289 g/mol. The Balaban J connectivity index is 3.12. The molecule has 1 atom stereocenters. The number of hydrogen-bond donors (Lipinski definition) is 2. The van der Waals surface area contributed by atoms with Crippen molar-refractivity contribution < 1.29 is 27.8 Å². The lowest BCUT2D eigenvalue weighted by atomic mass is 10.3. The molecule has 0 spiro atoms. The van der Waals surface area contributed by atoms with Crippen LogP contribution in [0.2, 0.25) is 0 Å². The lowest BCUT2D eigenvalue weighted by molar-refractivity contribution is -0.138. The van der Waals surface area contributed by atoms with E-state index in [2.05, 4.69) is 0 Å². The Bertz CT molecular complexity index is 569. The molecule has 8 heteroatoms. The molecule has 0 aliphatic rings. The van der Waals surface area contributed by atoms with Gasteiger partial charge in [-0.3, -0.25) is 4.79 Å². The van der Waals surface area contributed by atoms with Crippen molar-refractivity contribution in [3.63, 3.8) is 0 Å². The second kappa shape index (κ2) is 5.89. The summed E-state index contributed by atoms with van der Waals surface area (Å²) in [6, 6.07) is 2.77. The number of sulfonamides is 1. The van der Waals surface area contributed by atoms with Crippen LogP contribution in [0.3, 0.4) is 0 Å². The fourth-order valence-corrected chi connectivity index (χ4v) is 2.55. The summed E-state index contributed by atoms with van der Waals surface area (Å²) in [7, 11) is -1.12. The van der Waals surface area contributed by atoms with E-state index >= 15 is 0 Å². The highest BCUT2D eigenvalue weighted by atomic mass is 32.2. The first-order valence-electron chi connectivity index (χ1n) is 5.29. The van der Waals surface area contributed by atoms with Gasteiger partial charge < -0.3 is 14.6 Å². The predicted molar refractivity (Wildman–Crippen MR) is 67.0 cm³/mol. The van der Waals surface area contributed by atoms with E-state index < -0.39 is 22.0 Å². The maximum Gasteiger partial charge on any atom is 0.321 e. The maximum atomic E-state index is 11.9. The topological polar surface area (TPSA) is 102 Å². The molecule has 7 nitrogen and oxygen atoms in total. The second-order valence-corrected chi connectivity index (χ2v) is 5.41. The highest BCUT2D eigenvalue weighted by molar-refractivity contribution is 7.89. The van der Waals surface area contributed by atoms with Gasteiger partial charge in [0.1, 0.15) is 6.04 Å². The average Bonchev–Trinajstić information content (AvgIpc) is 2.37. The minimum atomic E-state index is -3.93. The standard InChI is InChI=1S/C11H15NO6S/c1-7(11(13)14)12-19(15,16)8-4-5-9(17-2)10(6-8)18-3/h4-7,12H,1-3H3,(H,13,14). The van der Waals surface area contributed by atoms with Crippen molar-refractivity contribution in [3.8, 4) is 11.5 Å². The predicted octanol–water partition coefficient (Wildman–Crippen LogP) is 0.455. The van der Waals surface area contributed by atoms with Crippen molar-refractivity contribution in [1.82, 2.24) is 4.72 Å². The molecule has 1 aromatic rings. The van der Waals surface area contributed by atoms with Gasteiger partial charge in [0.05, 0.1) is 19.1 Å². The first-order chi connectivity index (χ1) is 8.81. The van der Waals surface area contributed by atoms with E-state index in [1.165, 1.54) is 39.3 Å². The summed E-state index contributed by atoms with van der Waals surface area (Å²) < 4.78 is 35.9. The van der Waals surface area contributed by atoms with Gasteiger partial charge >= 0.3 is 5.97 Å². The largest absolute Gasteiger partial charge is 0.493 e. The molecular weight excluding hydrogens is 274 g/mol. The third kappa shape index (κ3) is 3.58. The highest BCUT2D eigenvalue weighted by Crippen LogP contribution is 2.29. The van der Waals surface area contributed by atoms with Gasteiger partial charge in [-0.1, -0.05) is 0 Å². The normalized spacial score (nSPS) is 12.8. The molecule has 0 aliphatic carbocycles. The summed E-state index contributed by atoms with van der Waals surface area (Å²) in [4.78, 5) is 10.6. The van der Waals surface area contributed by atoms with Gasteiger partial charge in [-0.2, -0.15) is 4.72 Å². The number of benzene rings is 1. The summed E-state index contributed by atoms with van der Waals surface area (Å²) in [6.07, 6.45) is 0. The van der Waals surface area contributed by atoms with Crippen LogP contribution in [0.5, 0.6) is 11.5 Å². The monoisotopic (exact) mass is 289 g/mol. The van der Waals surface area contributed by atoms with Crippen LogP contribution in [0.15, 0.2) is 23.1 Å². The number of carboxylic acids is 1. The minimum Gasteiger partial charge on any atom is -0.493 e. The molecule has 19 heavy (non-hydrogen) atoms. The van der Waals surface area contributed by atoms with Gasteiger partial charge in [-0.25, -0.2) is 8.42 Å². The molecule has 0 heterocycles. The maximum absolute atomic E-state index is 11.9. The van der Waals surface area contributed by atoms with E-state index in [-0.39, 0.29) is 10.6 Å². The lowest BCUT2D eigenvalue weighted by Crippen LogP contribution is -2.38. The van der Waals surface area contributed by atoms with Gasteiger partial charge in [-0.05, 0) is 19.1 Å². The van der Waals surface area contributed by atoms with Crippen LogP contribution >= 0.6 is 0 Å². The Kier molecular flexibility index (Phi) is 4.73. The van der Waals surface area contributed by atoms with Crippen molar-refractivity contribution in [2.24, 2.45) is 0 Å². The van der Waals surface area contributed by atoms with Crippen LogP contribution < -0.4 is 14.2 Å². The summed E-state index contributed by atoms with van der Waals surface area (Å²) in [5, 5.41) is 8.70. The van der Waals surface area contributed by atoms with E-state index in [0.29, 0.717) is 5.75 Å². The van der Waals surface area contributed by atoms with Crippen molar-refractivity contribution in [2.75, 3.05) is 14.2 Å². The van der Waals surface area contributed by atoms with Crippen LogP contribution in [-0.4, -0.2) is 39.8 Å². The molecule has 0 amide bonds. The number of nitrogens with one attached hydrogen (secondary N) is 1. The second-order valence-electron chi connectivity index (χ2n) is 3.70. The fraction of sp³-hybridized carbons (Fsp3) is 0.364. The molecule has 0 radical (unpaired) electrons. The highest BCUT2D eigenvalue weighted by Gasteiger charge is 2.22. The summed E-state index contributed by atoms with van der Waals surface area (Å²) in [5.74, 6) is -0.634. The van der Waals surface area contributed by atoms with Gasteiger partial charge in [0.2, 0.25) is 10.0 Å². The third-order valence-electron chi connectivity index (χ3n) is 2.37. The zero-order chi connectivity index (χ0) is 14.6. The van der Waals surface area contributed by atoms with Crippen LogP contribution in [0, 0.1) is 0 Å². The number of carboxylic acid groups (broad SMARTS) is 1. The Morgan fingerprint density at radius 1 is 1.26 bits per heavy atom. The molecule has 0 saturated carbocycles. The van der Waals surface area contributed by atoms with Crippen molar-refractivity contribution in [3.05, 3.63) is 18.2 Å². The molecule has 1 aromatic carbocycles. The Hall–Kier alpha value is -1.80. The molecule has 0 saturated heterocycles. The van der Waals surface area contributed by atoms with Crippen LogP contribution in [-0.2, 0) is 14.8 Å². The fourth-order valence-electron chi connectivity index (χ4n) is 1.33. The number of ether oxygens (including phenoxy) is 2. The molecule has 0 aliphatic heterocycles. The van der Waals surface area contributed by atoms with E-state index in [9.17, 15) is 13.2 Å². The van der Waals surface area contributed by atoms with Crippen molar-refractivity contribution in [2.45, 2.75) is 17.9 Å². The number of methoxy groups -OCH3 is 2. The molecule has 0 fully saturated rings. The number of carbonyl (C=O) groups is 1. The molecule has 2 N–H and O–H groups in total. The first kappa shape index (κ1) is 15.3. The van der Waals surface area contributed by atoms with Gasteiger partial charge in [-0.15, -0.1) is 0 Å². The summed E-state index contributed by atoms with van der Waals surface area (Å²) >= 11 is 0. The zero-order valence-corrected chi connectivity index (χ0v) is 11.5. The van der Waals surface area contributed by atoms with Crippen LogP contribution in [0.25, 0.3) is 0 Å². The first-order valence-corrected chi connectivity index (χ1v) is 6.77. The third-order valence-corrected chi connectivity index (χ3v) is 3.91. The zero-order valence-electron chi connectivity index (χ0n) is 10.7. The Labute approximate surface area is 111 Å². The van der Waals surface area contributed by atoms with Crippen LogP contribution in [0.4, 0.5) is 0 Å². The quantitative estimate of drug-likeness (QED) is 0.788. The van der Waals surface area contributed by atoms with Crippen molar-refractivity contribution in [1.29, 1.82) is 0 Å². The van der Waals surface area contributed by atoms with E-state index in [1.54, 1.807) is 0 Å². The molecule has 1 unspecified atom stereocenters. The van der Waals surface area contributed by atoms with Crippen molar-refractivity contribution >= 4 is 16.0 Å². The van der Waals surface area contributed by atoms with Gasteiger partial charge in [0, 0.05) is 6.07 Å². The molecular formula is C11H15NO6S. The smallest absolute Gasteiger partial charge is 0.321 e. The SMILES string of the molecule is COc1ccc(S(=O)(=O)NC(C)C(=O)O)cc1OC. The Morgan fingerprint density at radius 3 is 2.32 bits per heavy atom. The van der Waals surface area contributed by atoms with Gasteiger partial charge in [0.25, 0.3) is 0 Å². The molecule has 0 bridgehead atoms. The number of rotatable bonds is 6. The Morgan fingerprint density at radius 2 is 1.84 bits per heavy atom. The van der Waals surface area contributed by atoms with E-state index in [4.69, 9.17) is 14.6 Å². The minimum absolute atomic E-state index is 0.0988. The molecule has 1 rings (SSSR count).